The van der Waals surface area contributed by atoms with Crippen LogP contribution < -0.4 is 10.6 Å². The molecule has 29 heavy (non-hydrogen) atoms. The number of likely N-dealkylation sites (tertiary alicyclic amines) is 1. The number of rotatable bonds is 11. The molecule has 1 aromatic rings. The Morgan fingerprint density at radius 1 is 1.10 bits per heavy atom. The number of aliphatic hydroxyl groups is 1. The van der Waals surface area contributed by atoms with E-state index in [1.165, 1.54) is 31.5 Å². The van der Waals surface area contributed by atoms with E-state index in [0.717, 1.165) is 44.9 Å². The van der Waals surface area contributed by atoms with E-state index >= 15 is 0 Å². The summed E-state index contributed by atoms with van der Waals surface area (Å²) in [6.45, 7) is 11.5. The molecule has 5 nitrogen and oxygen atoms in total. The molecular weight excluding hydrogens is 475 g/mol. The van der Waals surface area contributed by atoms with E-state index in [1.54, 1.807) is 0 Å². The van der Waals surface area contributed by atoms with Crippen LogP contribution >= 0.6 is 24.0 Å². The van der Waals surface area contributed by atoms with Gasteiger partial charge in [0.2, 0.25) is 0 Å². The van der Waals surface area contributed by atoms with Crippen LogP contribution in [0.1, 0.15) is 64.5 Å². The molecule has 1 saturated heterocycles. The third-order valence-electron chi connectivity index (χ3n) is 6.29. The summed E-state index contributed by atoms with van der Waals surface area (Å²) in [5.41, 5.74) is 1.45. The Kier molecular flexibility index (Phi) is 12.8. The van der Waals surface area contributed by atoms with Crippen molar-refractivity contribution in [2.75, 3.05) is 39.3 Å². The summed E-state index contributed by atoms with van der Waals surface area (Å²) in [4.78, 5) is 7.49. The van der Waals surface area contributed by atoms with Crippen LogP contribution in [0.3, 0.4) is 0 Å². The maximum Gasteiger partial charge on any atom is 0.191 e. The number of hydrogen-bond acceptors (Lipinski definition) is 3. The lowest BCUT2D eigenvalue weighted by Gasteiger charge is -2.31. The van der Waals surface area contributed by atoms with Crippen molar-refractivity contribution in [1.82, 2.24) is 15.5 Å². The van der Waals surface area contributed by atoms with Crippen molar-refractivity contribution in [2.45, 2.75) is 58.9 Å². The molecule has 0 bridgehead atoms. The second kappa shape index (κ2) is 14.2. The molecule has 0 spiro atoms. The number of guanidine groups is 1. The summed E-state index contributed by atoms with van der Waals surface area (Å²) in [5, 5.41) is 16.5. The lowest BCUT2D eigenvalue weighted by atomic mass is 9.79. The molecule has 1 aliphatic rings. The van der Waals surface area contributed by atoms with Crippen LogP contribution in [0.15, 0.2) is 35.3 Å². The Hall–Kier alpha value is -0.860. The number of nitrogens with one attached hydrogen (secondary N) is 2. The van der Waals surface area contributed by atoms with Gasteiger partial charge in [-0.15, -0.1) is 24.0 Å². The zero-order valence-corrected chi connectivity index (χ0v) is 20.8. The van der Waals surface area contributed by atoms with Gasteiger partial charge in [-0.25, -0.2) is 0 Å². The maximum atomic E-state index is 9.47. The lowest BCUT2D eigenvalue weighted by molar-refractivity contribution is 0.175. The number of halogens is 1. The largest absolute Gasteiger partial charge is 0.396 e. The van der Waals surface area contributed by atoms with Gasteiger partial charge >= 0.3 is 0 Å². The van der Waals surface area contributed by atoms with Crippen molar-refractivity contribution < 1.29 is 5.11 Å². The van der Waals surface area contributed by atoms with E-state index in [0.29, 0.717) is 6.04 Å². The molecule has 3 N–H and O–H groups in total. The number of hydrogen-bond donors (Lipinski definition) is 3. The predicted molar refractivity (Wildman–Crippen MR) is 134 cm³/mol. The minimum absolute atomic E-state index is 0. The molecule has 1 atom stereocenters. The van der Waals surface area contributed by atoms with Gasteiger partial charge in [-0.05, 0) is 63.1 Å². The number of aliphatic imine (C=N–C) groups is 1. The summed E-state index contributed by atoms with van der Waals surface area (Å²) >= 11 is 0. The fourth-order valence-corrected chi connectivity index (χ4v) is 4.11. The van der Waals surface area contributed by atoms with Crippen molar-refractivity contribution in [3.05, 3.63) is 35.9 Å². The summed E-state index contributed by atoms with van der Waals surface area (Å²) in [6, 6.07) is 11.2. The number of nitrogens with zero attached hydrogens (tertiary/aromatic N) is 2. The molecule has 6 heteroatoms. The first-order valence-corrected chi connectivity index (χ1v) is 11.1. The average Bonchev–Trinajstić information content (AvgIpc) is 3.26. The maximum absolute atomic E-state index is 9.47. The molecule has 166 valence electrons. The van der Waals surface area contributed by atoms with Crippen LogP contribution in [-0.2, 0) is 0 Å². The van der Waals surface area contributed by atoms with Crippen LogP contribution in [-0.4, -0.2) is 55.3 Å². The monoisotopic (exact) mass is 516 g/mol. The van der Waals surface area contributed by atoms with Gasteiger partial charge in [-0.3, -0.25) is 9.89 Å². The van der Waals surface area contributed by atoms with Gasteiger partial charge < -0.3 is 15.7 Å². The van der Waals surface area contributed by atoms with Gasteiger partial charge in [0, 0.05) is 26.2 Å². The highest BCUT2D eigenvalue weighted by Gasteiger charge is 2.26. The van der Waals surface area contributed by atoms with Crippen molar-refractivity contribution in [2.24, 2.45) is 10.4 Å². The normalized spacial score (nSPS) is 16.3. The zero-order chi connectivity index (χ0) is 20.2. The van der Waals surface area contributed by atoms with Crippen molar-refractivity contribution in [1.29, 1.82) is 0 Å². The van der Waals surface area contributed by atoms with E-state index in [9.17, 15) is 5.11 Å². The quantitative estimate of drug-likeness (QED) is 0.235. The highest BCUT2D eigenvalue weighted by atomic mass is 127. The van der Waals surface area contributed by atoms with Crippen LogP contribution in [0.4, 0.5) is 0 Å². The van der Waals surface area contributed by atoms with Gasteiger partial charge in [0.1, 0.15) is 0 Å². The minimum atomic E-state index is 0. The van der Waals surface area contributed by atoms with Crippen LogP contribution in [0.5, 0.6) is 0 Å². The van der Waals surface area contributed by atoms with E-state index in [4.69, 9.17) is 4.99 Å². The summed E-state index contributed by atoms with van der Waals surface area (Å²) in [7, 11) is 0. The van der Waals surface area contributed by atoms with Gasteiger partial charge in [0.25, 0.3) is 0 Å². The molecular formula is C23H41IN4O. The predicted octanol–water partition coefficient (Wildman–Crippen LogP) is 4.19. The van der Waals surface area contributed by atoms with Gasteiger partial charge in [0.15, 0.2) is 5.96 Å². The third-order valence-corrected chi connectivity index (χ3v) is 6.29. The average molecular weight is 517 g/mol. The fraction of sp³-hybridized carbons (Fsp3) is 0.696. The summed E-state index contributed by atoms with van der Waals surface area (Å²) in [5.74, 6) is 0.881. The topological polar surface area (TPSA) is 59.9 Å². The molecule has 0 aromatic heterocycles. The van der Waals surface area contributed by atoms with Gasteiger partial charge in [0.05, 0.1) is 6.04 Å². The standard InChI is InChI=1S/C23H40N4O.HI/c1-4-23(5-2,14-17-28)19-26-22(24-6-3)25-18-21(27-15-10-11-16-27)20-12-8-7-9-13-20;/h7-9,12-13,21,28H,4-6,10-11,14-19H2,1-3H3,(H2,24,25,26);1H. The lowest BCUT2D eigenvalue weighted by Crippen LogP contribution is -2.43. The van der Waals surface area contributed by atoms with Crippen LogP contribution in [0.25, 0.3) is 0 Å². The molecule has 1 aliphatic heterocycles. The molecule has 1 heterocycles. The Morgan fingerprint density at radius 2 is 1.76 bits per heavy atom. The molecule has 2 rings (SSSR count). The molecule has 0 radical (unpaired) electrons. The molecule has 1 aromatic carbocycles. The summed E-state index contributed by atoms with van der Waals surface area (Å²) < 4.78 is 0. The Bertz CT molecular complexity index is 572. The number of aliphatic hydroxyl groups excluding tert-OH is 1. The molecule has 1 unspecified atom stereocenters. The molecule has 0 aliphatic carbocycles. The van der Waals surface area contributed by atoms with Gasteiger partial charge in [-0.2, -0.15) is 0 Å². The Morgan fingerprint density at radius 3 is 2.31 bits per heavy atom. The highest BCUT2D eigenvalue weighted by molar-refractivity contribution is 14.0. The van der Waals surface area contributed by atoms with E-state index < -0.39 is 0 Å². The van der Waals surface area contributed by atoms with Crippen molar-refractivity contribution in [3.8, 4) is 0 Å². The van der Waals surface area contributed by atoms with Crippen molar-refractivity contribution >= 4 is 29.9 Å². The van der Waals surface area contributed by atoms with Crippen molar-refractivity contribution in [3.63, 3.8) is 0 Å². The van der Waals surface area contributed by atoms with E-state index in [-0.39, 0.29) is 36.0 Å². The van der Waals surface area contributed by atoms with Crippen LogP contribution in [0.2, 0.25) is 0 Å². The number of benzene rings is 1. The SMILES string of the molecule is CCNC(=NCC(CC)(CC)CCO)NCC(c1ccccc1)N1CCCC1.I. The first-order valence-electron chi connectivity index (χ1n) is 11.1. The van der Waals surface area contributed by atoms with E-state index in [1.807, 2.05) is 0 Å². The van der Waals surface area contributed by atoms with Gasteiger partial charge in [-0.1, -0.05) is 44.2 Å². The minimum Gasteiger partial charge on any atom is -0.396 e. The highest BCUT2D eigenvalue weighted by Crippen LogP contribution is 2.30. The Labute approximate surface area is 194 Å². The smallest absolute Gasteiger partial charge is 0.191 e. The molecule has 0 saturated carbocycles. The first-order chi connectivity index (χ1) is 13.7. The second-order valence-electron chi connectivity index (χ2n) is 7.93. The van der Waals surface area contributed by atoms with E-state index in [2.05, 4.69) is 66.6 Å². The third kappa shape index (κ3) is 8.06. The Balaban J connectivity index is 0.00000420. The summed E-state index contributed by atoms with van der Waals surface area (Å²) in [6.07, 6.45) is 5.45. The van der Waals surface area contributed by atoms with Crippen LogP contribution in [0, 0.1) is 5.41 Å². The first kappa shape index (κ1) is 26.2. The zero-order valence-electron chi connectivity index (χ0n) is 18.5. The molecule has 1 fully saturated rings. The second-order valence-corrected chi connectivity index (χ2v) is 7.93. The fourth-order valence-electron chi connectivity index (χ4n) is 4.11. The molecule has 0 amide bonds.